The first-order valence-corrected chi connectivity index (χ1v) is 7.53. The molecular formula is C20H13ClO2. The van der Waals surface area contributed by atoms with Crippen molar-refractivity contribution in [2.75, 3.05) is 0 Å². The van der Waals surface area contributed by atoms with E-state index in [1.165, 1.54) is 0 Å². The van der Waals surface area contributed by atoms with Crippen molar-refractivity contribution < 1.29 is 9.59 Å². The quantitative estimate of drug-likeness (QED) is 0.496. The molecule has 0 saturated carbocycles. The summed E-state index contributed by atoms with van der Waals surface area (Å²) >= 11 is 5.91. The summed E-state index contributed by atoms with van der Waals surface area (Å²) in [6, 6.07) is 22.9. The summed E-state index contributed by atoms with van der Waals surface area (Å²) < 4.78 is 0. The fourth-order valence-electron chi connectivity index (χ4n) is 2.41. The summed E-state index contributed by atoms with van der Waals surface area (Å²) in [7, 11) is 0. The number of ketones is 2. The van der Waals surface area contributed by atoms with E-state index in [1.807, 2.05) is 30.3 Å². The van der Waals surface area contributed by atoms with Crippen molar-refractivity contribution in [3.8, 4) is 11.1 Å². The van der Waals surface area contributed by atoms with Gasteiger partial charge in [-0.05, 0) is 23.3 Å². The average Bonchev–Trinajstić information content (AvgIpc) is 2.62. The molecule has 0 aliphatic heterocycles. The van der Waals surface area contributed by atoms with Crippen molar-refractivity contribution in [3.63, 3.8) is 0 Å². The molecule has 0 atom stereocenters. The van der Waals surface area contributed by atoms with Crippen LogP contribution in [0.3, 0.4) is 0 Å². The van der Waals surface area contributed by atoms with Crippen LogP contribution in [0, 0.1) is 0 Å². The van der Waals surface area contributed by atoms with Gasteiger partial charge in [0.05, 0.1) is 0 Å². The van der Waals surface area contributed by atoms with Gasteiger partial charge in [0.15, 0.2) is 0 Å². The summed E-state index contributed by atoms with van der Waals surface area (Å²) in [6.45, 7) is 0. The van der Waals surface area contributed by atoms with Gasteiger partial charge in [0.25, 0.3) is 0 Å². The highest BCUT2D eigenvalue weighted by Crippen LogP contribution is 2.26. The topological polar surface area (TPSA) is 34.1 Å². The van der Waals surface area contributed by atoms with Crippen LogP contribution in [0.4, 0.5) is 0 Å². The Morgan fingerprint density at radius 3 is 1.96 bits per heavy atom. The third kappa shape index (κ3) is 3.22. The van der Waals surface area contributed by atoms with Crippen LogP contribution in [-0.2, 0) is 0 Å². The molecule has 3 rings (SSSR count). The number of carbonyl (C=O) groups excluding carboxylic acids is 2. The van der Waals surface area contributed by atoms with Crippen LogP contribution in [0.15, 0.2) is 78.9 Å². The van der Waals surface area contributed by atoms with Gasteiger partial charge < -0.3 is 0 Å². The van der Waals surface area contributed by atoms with Crippen LogP contribution in [0.1, 0.15) is 20.7 Å². The van der Waals surface area contributed by atoms with Gasteiger partial charge in [0.2, 0.25) is 11.6 Å². The molecule has 0 bridgehead atoms. The van der Waals surface area contributed by atoms with Crippen LogP contribution in [0.5, 0.6) is 0 Å². The monoisotopic (exact) mass is 320 g/mol. The highest BCUT2D eigenvalue weighted by atomic mass is 35.5. The van der Waals surface area contributed by atoms with E-state index in [0.29, 0.717) is 16.1 Å². The molecule has 0 N–H and O–H groups in total. The molecule has 3 heteroatoms. The molecule has 0 fully saturated rings. The Hall–Kier alpha value is -2.71. The summed E-state index contributed by atoms with van der Waals surface area (Å²) in [6.07, 6.45) is 0. The Balaban J connectivity index is 2.02. The van der Waals surface area contributed by atoms with E-state index in [0.717, 1.165) is 11.1 Å². The van der Waals surface area contributed by atoms with Gasteiger partial charge >= 0.3 is 0 Å². The summed E-state index contributed by atoms with van der Waals surface area (Å²) in [5.74, 6) is -1.02. The van der Waals surface area contributed by atoms with E-state index in [-0.39, 0.29) is 0 Å². The van der Waals surface area contributed by atoms with E-state index in [9.17, 15) is 9.59 Å². The highest BCUT2D eigenvalue weighted by molar-refractivity contribution is 6.50. The summed E-state index contributed by atoms with van der Waals surface area (Å²) in [5.41, 5.74) is 2.35. The zero-order valence-corrected chi connectivity index (χ0v) is 13.0. The molecule has 0 heterocycles. The number of hydrogen-bond acceptors (Lipinski definition) is 2. The first-order chi connectivity index (χ1) is 11.2. The second-order valence-electron chi connectivity index (χ2n) is 5.08. The van der Waals surface area contributed by atoms with Gasteiger partial charge in [0.1, 0.15) is 0 Å². The standard InChI is InChI=1S/C20H13ClO2/c21-16-12-10-14(11-13-16)17-8-4-5-9-18(17)20(23)19(22)15-6-2-1-3-7-15/h1-13H. The summed E-state index contributed by atoms with van der Waals surface area (Å²) in [4.78, 5) is 25.0. The van der Waals surface area contributed by atoms with Crippen LogP contribution in [0.25, 0.3) is 11.1 Å². The number of hydrogen-bond donors (Lipinski definition) is 0. The zero-order chi connectivity index (χ0) is 16.2. The lowest BCUT2D eigenvalue weighted by Gasteiger charge is -2.08. The lowest BCUT2D eigenvalue weighted by atomic mass is 9.93. The minimum absolute atomic E-state index is 0.392. The predicted molar refractivity (Wildman–Crippen MR) is 92.0 cm³/mol. The van der Waals surface area contributed by atoms with Crippen LogP contribution < -0.4 is 0 Å². The minimum Gasteiger partial charge on any atom is -0.285 e. The molecule has 0 aliphatic rings. The van der Waals surface area contributed by atoms with Gasteiger partial charge in [-0.1, -0.05) is 78.3 Å². The molecule has 0 aromatic heterocycles. The maximum absolute atomic E-state index is 12.6. The van der Waals surface area contributed by atoms with E-state index in [2.05, 4.69) is 0 Å². The maximum atomic E-state index is 12.6. The van der Waals surface area contributed by atoms with E-state index >= 15 is 0 Å². The molecule has 3 aromatic rings. The predicted octanol–water partition coefficient (Wildman–Crippen LogP) is 5.07. The van der Waals surface area contributed by atoms with Gasteiger partial charge in [-0.3, -0.25) is 9.59 Å². The Morgan fingerprint density at radius 2 is 1.26 bits per heavy atom. The van der Waals surface area contributed by atoms with Crippen molar-refractivity contribution in [1.82, 2.24) is 0 Å². The van der Waals surface area contributed by atoms with Crippen molar-refractivity contribution in [2.24, 2.45) is 0 Å². The molecule has 0 spiro atoms. The van der Waals surface area contributed by atoms with Crippen molar-refractivity contribution >= 4 is 23.2 Å². The number of Topliss-reactive ketones (excluding diaryl/α,β-unsaturated/α-hetero) is 2. The second kappa shape index (κ2) is 6.59. The van der Waals surface area contributed by atoms with Crippen LogP contribution in [0.2, 0.25) is 5.02 Å². The summed E-state index contributed by atoms with van der Waals surface area (Å²) in [5, 5.41) is 0.623. The average molecular weight is 321 g/mol. The number of carbonyl (C=O) groups is 2. The van der Waals surface area contributed by atoms with Gasteiger partial charge in [-0.2, -0.15) is 0 Å². The third-order valence-corrected chi connectivity index (χ3v) is 3.82. The zero-order valence-electron chi connectivity index (χ0n) is 12.2. The van der Waals surface area contributed by atoms with E-state index in [1.54, 1.807) is 48.5 Å². The van der Waals surface area contributed by atoms with Crippen LogP contribution >= 0.6 is 11.6 Å². The van der Waals surface area contributed by atoms with Crippen molar-refractivity contribution in [2.45, 2.75) is 0 Å². The maximum Gasteiger partial charge on any atom is 0.234 e. The molecule has 0 amide bonds. The van der Waals surface area contributed by atoms with Gasteiger partial charge in [0, 0.05) is 16.1 Å². The Labute approximate surface area is 139 Å². The molecule has 0 unspecified atom stereocenters. The Bertz CT molecular complexity index is 852. The SMILES string of the molecule is O=C(C(=O)c1ccccc1-c1ccc(Cl)cc1)c1ccccc1. The molecule has 112 valence electrons. The Morgan fingerprint density at radius 1 is 0.652 bits per heavy atom. The normalized spacial score (nSPS) is 10.3. The molecular weight excluding hydrogens is 308 g/mol. The highest BCUT2D eigenvalue weighted by Gasteiger charge is 2.21. The Kier molecular flexibility index (Phi) is 4.35. The van der Waals surface area contributed by atoms with Crippen molar-refractivity contribution in [1.29, 1.82) is 0 Å². The fraction of sp³-hybridized carbons (Fsp3) is 0. The van der Waals surface area contributed by atoms with E-state index < -0.39 is 11.6 Å². The number of rotatable bonds is 4. The second-order valence-corrected chi connectivity index (χ2v) is 5.51. The first kappa shape index (κ1) is 15.2. The lowest BCUT2D eigenvalue weighted by Crippen LogP contribution is -2.15. The minimum atomic E-state index is -0.512. The number of halogens is 1. The lowest BCUT2D eigenvalue weighted by molar-refractivity contribution is 0.0817. The first-order valence-electron chi connectivity index (χ1n) is 7.16. The fourth-order valence-corrected chi connectivity index (χ4v) is 2.53. The smallest absolute Gasteiger partial charge is 0.234 e. The number of benzene rings is 3. The molecule has 0 saturated heterocycles. The molecule has 23 heavy (non-hydrogen) atoms. The van der Waals surface area contributed by atoms with Gasteiger partial charge in [-0.15, -0.1) is 0 Å². The van der Waals surface area contributed by atoms with E-state index in [4.69, 9.17) is 11.6 Å². The van der Waals surface area contributed by atoms with Gasteiger partial charge in [-0.25, -0.2) is 0 Å². The van der Waals surface area contributed by atoms with Crippen molar-refractivity contribution in [3.05, 3.63) is 95.0 Å². The molecule has 2 nitrogen and oxygen atoms in total. The molecule has 0 aliphatic carbocycles. The van der Waals surface area contributed by atoms with Crippen LogP contribution in [-0.4, -0.2) is 11.6 Å². The third-order valence-electron chi connectivity index (χ3n) is 3.57. The largest absolute Gasteiger partial charge is 0.285 e. The molecule has 3 aromatic carbocycles. The molecule has 0 radical (unpaired) electrons.